The predicted octanol–water partition coefficient (Wildman–Crippen LogP) is 5.15. The molecule has 0 radical (unpaired) electrons. The van der Waals surface area contributed by atoms with Crippen LogP contribution in [0.4, 0.5) is 20.4 Å². The Morgan fingerprint density at radius 1 is 1.07 bits per heavy atom. The first-order valence-electron chi connectivity index (χ1n) is 8.78. The minimum atomic E-state index is -1.10. The number of hydrogen-bond acceptors (Lipinski definition) is 4. The Labute approximate surface area is 169 Å². The van der Waals surface area contributed by atoms with Crippen LogP contribution in [0.3, 0.4) is 0 Å². The van der Waals surface area contributed by atoms with Gasteiger partial charge in [-0.25, -0.2) is 18.7 Å². The molecule has 0 bridgehead atoms. The number of aromatic nitrogens is 3. The van der Waals surface area contributed by atoms with Crippen LogP contribution in [0.2, 0.25) is 5.02 Å². The largest absolute Gasteiger partial charge is 0.319 e. The van der Waals surface area contributed by atoms with Crippen LogP contribution in [-0.4, -0.2) is 15.0 Å². The maximum absolute atomic E-state index is 14.3. The van der Waals surface area contributed by atoms with E-state index in [0.717, 1.165) is 6.07 Å². The molecule has 0 amide bonds. The molecule has 2 aromatic heterocycles. The fourth-order valence-corrected chi connectivity index (χ4v) is 3.51. The lowest BCUT2D eigenvalue weighted by Gasteiger charge is -2.30. The Morgan fingerprint density at radius 2 is 1.83 bits per heavy atom. The third kappa shape index (κ3) is 3.56. The molecule has 2 heterocycles. The van der Waals surface area contributed by atoms with E-state index < -0.39 is 23.2 Å². The van der Waals surface area contributed by atoms with Crippen molar-refractivity contribution in [3.63, 3.8) is 0 Å². The lowest BCUT2D eigenvalue weighted by molar-refractivity contribution is 0.515. The van der Waals surface area contributed by atoms with Crippen molar-refractivity contribution >= 4 is 34.1 Å². The summed E-state index contributed by atoms with van der Waals surface area (Å²) in [7, 11) is 0. The van der Waals surface area contributed by atoms with Gasteiger partial charge in [0.1, 0.15) is 0 Å². The monoisotopic (exact) mass is 412 g/mol. The van der Waals surface area contributed by atoms with Crippen molar-refractivity contribution in [2.45, 2.75) is 13.0 Å². The fraction of sp³-hybridized carbons (Fsp3) is 0.0952. The first-order chi connectivity index (χ1) is 14.0. The molecule has 0 saturated heterocycles. The molecule has 1 unspecified atom stereocenters. The highest BCUT2D eigenvalue weighted by Gasteiger charge is 2.24. The summed E-state index contributed by atoms with van der Waals surface area (Å²) >= 11 is 6.17. The SMILES string of the molecule is CC(c1cc(=O)[nH]c2c(F)c(F)ccc12)N(c1cccc(Cl)c1)c1ncccn1. The van der Waals surface area contributed by atoms with E-state index in [-0.39, 0.29) is 5.52 Å². The Balaban J connectivity index is 1.95. The molecule has 4 aromatic rings. The van der Waals surface area contributed by atoms with Gasteiger partial charge in [-0.15, -0.1) is 0 Å². The van der Waals surface area contributed by atoms with Gasteiger partial charge < -0.3 is 9.88 Å². The number of fused-ring (bicyclic) bond motifs is 1. The molecule has 0 aliphatic rings. The number of nitrogens with one attached hydrogen (secondary N) is 1. The van der Waals surface area contributed by atoms with Crippen LogP contribution in [0.15, 0.2) is 65.7 Å². The van der Waals surface area contributed by atoms with Crippen LogP contribution in [0.5, 0.6) is 0 Å². The number of anilines is 2. The van der Waals surface area contributed by atoms with E-state index in [9.17, 15) is 13.6 Å². The van der Waals surface area contributed by atoms with Crippen molar-refractivity contribution in [2.24, 2.45) is 0 Å². The van der Waals surface area contributed by atoms with E-state index in [4.69, 9.17) is 11.6 Å². The maximum Gasteiger partial charge on any atom is 0.248 e. The first kappa shape index (κ1) is 19.0. The van der Waals surface area contributed by atoms with Crippen LogP contribution in [0, 0.1) is 11.6 Å². The molecule has 5 nitrogen and oxygen atoms in total. The van der Waals surface area contributed by atoms with E-state index in [1.165, 1.54) is 12.1 Å². The van der Waals surface area contributed by atoms with Gasteiger partial charge in [0.25, 0.3) is 0 Å². The third-order valence-electron chi connectivity index (χ3n) is 4.63. The number of aromatic amines is 1. The Hall–Kier alpha value is -3.32. The predicted molar refractivity (Wildman–Crippen MR) is 109 cm³/mol. The van der Waals surface area contributed by atoms with Crippen LogP contribution in [0.1, 0.15) is 18.5 Å². The lowest BCUT2D eigenvalue weighted by atomic mass is 10.0. The number of halogens is 3. The van der Waals surface area contributed by atoms with Crippen LogP contribution >= 0.6 is 11.6 Å². The van der Waals surface area contributed by atoms with E-state index in [0.29, 0.717) is 27.6 Å². The van der Waals surface area contributed by atoms with Gasteiger partial charge in [-0.1, -0.05) is 17.7 Å². The molecule has 0 fully saturated rings. The fourth-order valence-electron chi connectivity index (χ4n) is 3.33. The number of nitrogens with zero attached hydrogens (tertiary/aromatic N) is 3. The smallest absolute Gasteiger partial charge is 0.248 e. The number of benzene rings is 2. The average Bonchev–Trinajstić information content (AvgIpc) is 2.71. The Kier molecular flexibility index (Phi) is 4.98. The maximum atomic E-state index is 14.3. The number of hydrogen-bond donors (Lipinski definition) is 1. The molecule has 4 rings (SSSR count). The summed E-state index contributed by atoms with van der Waals surface area (Å²) in [5.74, 6) is -1.76. The van der Waals surface area contributed by atoms with Gasteiger partial charge in [0.15, 0.2) is 11.6 Å². The van der Waals surface area contributed by atoms with Crippen molar-refractivity contribution in [3.05, 3.63) is 93.5 Å². The molecule has 29 heavy (non-hydrogen) atoms. The summed E-state index contributed by atoms with van der Waals surface area (Å²) in [5.41, 5.74) is 0.463. The van der Waals surface area contributed by atoms with Crippen molar-refractivity contribution in [1.29, 1.82) is 0 Å². The first-order valence-corrected chi connectivity index (χ1v) is 9.16. The minimum absolute atomic E-state index is 0.181. The molecule has 1 N–H and O–H groups in total. The zero-order valence-corrected chi connectivity index (χ0v) is 16.0. The van der Waals surface area contributed by atoms with Gasteiger partial charge >= 0.3 is 0 Å². The topological polar surface area (TPSA) is 61.9 Å². The zero-order valence-electron chi connectivity index (χ0n) is 15.2. The molecule has 0 aliphatic carbocycles. The summed E-state index contributed by atoms with van der Waals surface area (Å²) < 4.78 is 28.0. The van der Waals surface area contributed by atoms with Crippen molar-refractivity contribution in [1.82, 2.24) is 15.0 Å². The molecule has 2 aromatic carbocycles. The molecule has 1 atom stereocenters. The molecule has 0 spiro atoms. The standard InChI is InChI=1S/C21H15ClF2N4O/c1-12(16-11-18(29)27-20-15(16)6-7-17(23)19(20)24)28(21-25-8-3-9-26-21)14-5-2-4-13(22)10-14/h2-12H,1H3,(H,27,29). The third-order valence-corrected chi connectivity index (χ3v) is 4.87. The quantitative estimate of drug-likeness (QED) is 0.503. The number of pyridine rings is 1. The van der Waals surface area contributed by atoms with Crippen molar-refractivity contribution in [2.75, 3.05) is 4.90 Å². The minimum Gasteiger partial charge on any atom is -0.319 e. The van der Waals surface area contributed by atoms with Crippen LogP contribution in [0.25, 0.3) is 10.9 Å². The van der Waals surface area contributed by atoms with E-state index in [2.05, 4.69) is 15.0 Å². The van der Waals surface area contributed by atoms with Gasteiger partial charge in [-0.2, -0.15) is 0 Å². The second kappa shape index (κ2) is 7.60. The summed E-state index contributed by atoms with van der Waals surface area (Å²) in [4.78, 5) is 25.0. The van der Waals surface area contributed by atoms with E-state index in [1.807, 2.05) is 13.0 Å². The Morgan fingerprint density at radius 3 is 2.55 bits per heavy atom. The van der Waals surface area contributed by atoms with Crippen LogP contribution in [-0.2, 0) is 0 Å². The highest BCUT2D eigenvalue weighted by Crippen LogP contribution is 2.36. The molecule has 0 saturated carbocycles. The molecule has 8 heteroatoms. The van der Waals surface area contributed by atoms with Gasteiger partial charge in [0.05, 0.1) is 11.6 Å². The highest BCUT2D eigenvalue weighted by molar-refractivity contribution is 6.30. The Bertz CT molecular complexity index is 1250. The van der Waals surface area contributed by atoms with Gasteiger partial charge in [-0.05, 0) is 48.9 Å². The van der Waals surface area contributed by atoms with Gasteiger partial charge in [-0.3, -0.25) is 4.79 Å². The molecule has 0 aliphatic heterocycles. The second-order valence-corrected chi connectivity index (χ2v) is 6.88. The molecule has 146 valence electrons. The highest BCUT2D eigenvalue weighted by atomic mass is 35.5. The normalized spacial score (nSPS) is 12.1. The lowest BCUT2D eigenvalue weighted by Crippen LogP contribution is -2.25. The zero-order chi connectivity index (χ0) is 20.5. The van der Waals surface area contributed by atoms with Crippen molar-refractivity contribution in [3.8, 4) is 0 Å². The van der Waals surface area contributed by atoms with Crippen molar-refractivity contribution < 1.29 is 8.78 Å². The summed E-state index contributed by atoms with van der Waals surface area (Å²) in [6.07, 6.45) is 3.19. The molecular weight excluding hydrogens is 398 g/mol. The van der Waals surface area contributed by atoms with E-state index in [1.54, 1.807) is 41.6 Å². The number of rotatable bonds is 4. The second-order valence-electron chi connectivity index (χ2n) is 6.45. The van der Waals surface area contributed by atoms with Gasteiger partial charge in [0.2, 0.25) is 11.5 Å². The van der Waals surface area contributed by atoms with Crippen LogP contribution < -0.4 is 10.5 Å². The summed E-state index contributed by atoms with van der Waals surface area (Å²) in [6.45, 7) is 1.83. The summed E-state index contributed by atoms with van der Waals surface area (Å²) in [6, 6.07) is 12.1. The summed E-state index contributed by atoms with van der Waals surface area (Å²) in [5, 5.41) is 0.901. The van der Waals surface area contributed by atoms with E-state index >= 15 is 0 Å². The number of H-pyrrole nitrogens is 1. The average molecular weight is 413 g/mol. The molecular formula is C21H15ClF2N4O. The van der Waals surface area contributed by atoms with Gasteiger partial charge in [0, 0.05) is 34.6 Å².